The van der Waals surface area contributed by atoms with E-state index in [2.05, 4.69) is 10.1 Å². The van der Waals surface area contributed by atoms with Crippen molar-refractivity contribution < 1.29 is 5.21 Å². The fraction of sp³-hybridized carbons (Fsp3) is 0.417. The Morgan fingerprint density at radius 2 is 2.41 bits per heavy atom. The molecule has 5 heteroatoms. The summed E-state index contributed by atoms with van der Waals surface area (Å²) in [6.45, 7) is 1.74. The number of hydrogen-bond acceptors (Lipinski definition) is 3. The zero-order valence-electron chi connectivity index (χ0n) is 9.51. The molecule has 1 aliphatic heterocycles. The van der Waals surface area contributed by atoms with E-state index in [-0.39, 0.29) is 6.04 Å². The van der Waals surface area contributed by atoms with E-state index >= 15 is 0 Å². The highest BCUT2D eigenvalue weighted by Gasteiger charge is 2.27. The Labute approximate surface area is 106 Å². The molecule has 0 aliphatic carbocycles. The molecule has 0 radical (unpaired) electrons. The van der Waals surface area contributed by atoms with Crippen molar-refractivity contribution in [2.45, 2.75) is 25.4 Å². The van der Waals surface area contributed by atoms with Crippen LogP contribution in [-0.2, 0) is 6.54 Å². The van der Waals surface area contributed by atoms with Crippen LogP contribution >= 0.6 is 11.6 Å². The average molecular weight is 254 g/mol. The lowest BCUT2D eigenvalue weighted by Crippen LogP contribution is -2.40. The minimum absolute atomic E-state index is 0.0407. The molecule has 1 unspecified atom stereocenters. The van der Waals surface area contributed by atoms with Gasteiger partial charge in [-0.2, -0.15) is 0 Å². The van der Waals surface area contributed by atoms with Crippen LogP contribution in [0, 0.1) is 0 Å². The monoisotopic (exact) mass is 253 g/mol. The summed E-state index contributed by atoms with van der Waals surface area (Å²) in [4.78, 5) is 2.21. The molecular weight excluding hydrogens is 238 g/mol. The van der Waals surface area contributed by atoms with Crippen molar-refractivity contribution in [1.82, 2.24) is 4.90 Å². The highest BCUT2D eigenvalue weighted by molar-refractivity contribution is 6.30. The van der Waals surface area contributed by atoms with E-state index in [0.717, 1.165) is 36.5 Å². The Morgan fingerprint density at radius 1 is 1.59 bits per heavy atom. The molecule has 1 aliphatic rings. The molecule has 92 valence electrons. The van der Waals surface area contributed by atoms with E-state index in [0.29, 0.717) is 5.84 Å². The van der Waals surface area contributed by atoms with Gasteiger partial charge >= 0.3 is 0 Å². The van der Waals surface area contributed by atoms with Gasteiger partial charge in [0.15, 0.2) is 5.84 Å². The van der Waals surface area contributed by atoms with Crippen molar-refractivity contribution in [2.75, 3.05) is 6.54 Å². The molecule has 1 aromatic carbocycles. The highest BCUT2D eigenvalue weighted by atomic mass is 35.5. The van der Waals surface area contributed by atoms with Crippen LogP contribution in [0.3, 0.4) is 0 Å². The predicted molar refractivity (Wildman–Crippen MR) is 68.3 cm³/mol. The van der Waals surface area contributed by atoms with E-state index < -0.39 is 0 Å². The summed E-state index contributed by atoms with van der Waals surface area (Å²) in [5, 5.41) is 12.6. The van der Waals surface area contributed by atoms with Gasteiger partial charge in [-0.05, 0) is 37.1 Å². The van der Waals surface area contributed by atoms with Crippen molar-refractivity contribution in [3.05, 3.63) is 34.9 Å². The third-order valence-corrected chi connectivity index (χ3v) is 3.33. The van der Waals surface area contributed by atoms with Crippen LogP contribution in [0.4, 0.5) is 0 Å². The van der Waals surface area contributed by atoms with Crippen molar-refractivity contribution >= 4 is 17.4 Å². The van der Waals surface area contributed by atoms with Gasteiger partial charge in [0.05, 0.1) is 6.04 Å². The van der Waals surface area contributed by atoms with E-state index in [9.17, 15) is 0 Å². The molecule has 0 amide bonds. The Bertz CT molecular complexity index is 422. The SMILES string of the molecule is NC(=NO)C1CCCN1Cc1cccc(Cl)c1. The van der Waals surface area contributed by atoms with Crippen molar-refractivity contribution in [2.24, 2.45) is 10.9 Å². The van der Waals surface area contributed by atoms with Crippen LogP contribution in [0.1, 0.15) is 18.4 Å². The fourth-order valence-electron chi connectivity index (χ4n) is 2.29. The third-order valence-electron chi connectivity index (χ3n) is 3.10. The van der Waals surface area contributed by atoms with E-state index in [1.165, 1.54) is 0 Å². The Hall–Kier alpha value is -1.26. The highest BCUT2D eigenvalue weighted by Crippen LogP contribution is 2.21. The van der Waals surface area contributed by atoms with Gasteiger partial charge in [0.1, 0.15) is 0 Å². The molecule has 1 heterocycles. The van der Waals surface area contributed by atoms with Crippen molar-refractivity contribution in [1.29, 1.82) is 0 Å². The Morgan fingerprint density at radius 3 is 3.12 bits per heavy atom. The lowest BCUT2D eigenvalue weighted by Gasteiger charge is -2.23. The standard InChI is InChI=1S/C12H16ClN3O/c13-10-4-1-3-9(7-10)8-16-6-2-5-11(16)12(14)15-17/h1,3-4,7,11,17H,2,5-6,8H2,(H2,14,15). The summed E-state index contributed by atoms with van der Waals surface area (Å²) in [5.41, 5.74) is 6.83. The van der Waals surface area contributed by atoms with Gasteiger partial charge in [-0.15, -0.1) is 0 Å². The zero-order chi connectivity index (χ0) is 12.3. The summed E-state index contributed by atoms with van der Waals surface area (Å²) in [5.74, 6) is 0.296. The first-order valence-corrected chi connectivity index (χ1v) is 6.04. The maximum atomic E-state index is 8.74. The van der Waals surface area contributed by atoms with Gasteiger partial charge < -0.3 is 10.9 Å². The maximum absolute atomic E-state index is 8.74. The molecule has 1 saturated heterocycles. The quantitative estimate of drug-likeness (QED) is 0.375. The van der Waals surface area contributed by atoms with Gasteiger partial charge in [0.2, 0.25) is 0 Å². The number of nitrogens with zero attached hydrogens (tertiary/aromatic N) is 2. The molecule has 1 atom stereocenters. The summed E-state index contributed by atoms with van der Waals surface area (Å²) >= 11 is 5.95. The number of hydrogen-bond donors (Lipinski definition) is 2. The Balaban J connectivity index is 2.08. The molecule has 0 bridgehead atoms. The average Bonchev–Trinajstić information content (AvgIpc) is 2.76. The summed E-state index contributed by atoms with van der Waals surface area (Å²) in [6.07, 6.45) is 2.01. The van der Waals surface area contributed by atoms with Gasteiger partial charge in [0, 0.05) is 11.6 Å². The molecule has 1 aromatic rings. The lowest BCUT2D eigenvalue weighted by molar-refractivity contribution is 0.275. The first kappa shape index (κ1) is 12.2. The number of benzene rings is 1. The minimum atomic E-state index is 0.0407. The number of nitrogens with two attached hydrogens (primary N) is 1. The number of oxime groups is 1. The molecule has 17 heavy (non-hydrogen) atoms. The lowest BCUT2D eigenvalue weighted by atomic mass is 10.1. The van der Waals surface area contributed by atoms with Crippen molar-refractivity contribution in [3.8, 4) is 0 Å². The topological polar surface area (TPSA) is 61.9 Å². The predicted octanol–water partition coefficient (Wildman–Crippen LogP) is 2.05. The van der Waals surface area contributed by atoms with E-state index in [1.54, 1.807) is 0 Å². The second kappa shape index (κ2) is 5.38. The molecular formula is C12H16ClN3O. The van der Waals surface area contributed by atoms with Crippen LogP contribution in [0.2, 0.25) is 5.02 Å². The van der Waals surface area contributed by atoms with E-state index in [1.807, 2.05) is 24.3 Å². The van der Waals surface area contributed by atoms with E-state index in [4.69, 9.17) is 22.5 Å². The van der Waals surface area contributed by atoms with Crippen LogP contribution in [0.15, 0.2) is 29.4 Å². The minimum Gasteiger partial charge on any atom is -0.409 e. The van der Waals surface area contributed by atoms with Crippen LogP contribution in [-0.4, -0.2) is 28.5 Å². The number of likely N-dealkylation sites (tertiary alicyclic amines) is 1. The molecule has 0 spiro atoms. The van der Waals surface area contributed by atoms with Crippen LogP contribution < -0.4 is 5.73 Å². The third kappa shape index (κ3) is 2.90. The largest absolute Gasteiger partial charge is 0.409 e. The van der Waals surface area contributed by atoms with Gasteiger partial charge in [-0.1, -0.05) is 28.9 Å². The molecule has 2 rings (SSSR count). The summed E-state index contributed by atoms with van der Waals surface area (Å²) in [7, 11) is 0. The smallest absolute Gasteiger partial charge is 0.156 e. The maximum Gasteiger partial charge on any atom is 0.156 e. The first-order chi connectivity index (χ1) is 8.20. The first-order valence-electron chi connectivity index (χ1n) is 5.66. The molecule has 0 aromatic heterocycles. The zero-order valence-corrected chi connectivity index (χ0v) is 10.3. The van der Waals surface area contributed by atoms with Crippen LogP contribution in [0.25, 0.3) is 0 Å². The molecule has 0 saturated carbocycles. The summed E-state index contributed by atoms with van der Waals surface area (Å²) in [6, 6.07) is 7.82. The van der Waals surface area contributed by atoms with Gasteiger partial charge in [0.25, 0.3) is 0 Å². The Kier molecular flexibility index (Phi) is 3.86. The fourth-order valence-corrected chi connectivity index (χ4v) is 2.50. The van der Waals surface area contributed by atoms with Crippen molar-refractivity contribution in [3.63, 3.8) is 0 Å². The molecule has 1 fully saturated rings. The molecule has 4 nitrogen and oxygen atoms in total. The van der Waals surface area contributed by atoms with Crippen LogP contribution in [0.5, 0.6) is 0 Å². The normalized spacial score (nSPS) is 21.9. The number of rotatable bonds is 3. The second-order valence-electron chi connectivity index (χ2n) is 4.28. The van der Waals surface area contributed by atoms with Gasteiger partial charge in [-0.3, -0.25) is 4.90 Å². The van der Waals surface area contributed by atoms with Gasteiger partial charge in [-0.25, -0.2) is 0 Å². The summed E-state index contributed by atoms with van der Waals surface area (Å²) < 4.78 is 0. The number of amidine groups is 1. The molecule has 3 N–H and O–H groups in total. The second-order valence-corrected chi connectivity index (χ2v) is 4.72. The number of halogens is 1.